The van der Waals surface area contributed by atoms with Crippen LogP contribution in [0.4, 0.5) is 0 Å². The quantitative estimate of drug-likeness (QED) is 0.841. The molecule has 1 amide bonds. The molecule has 1 aromatic heterocycles. The second-order valence-corrected chi connectivity index (χ2v) is 5.79. The molecule has 1 fully saturated rings. The van der Waals surface area contributed by atoms with E-state index in [0.29, 0.717) is 24.6 Å². The highest BCUT2D eigenvalue weighted by Crippen LogP contribution is 2.33. The molecule has 0 bridgehead atoms. The van der Waals surface area contributed by atoms with Crippen molar-refractivity contribution >= 4 is 27.8 Å². The monoisotopic (exact) mass is 328 g/mol. The molecule has 0 radical (unpaired) electrons. The summed E-state index contributed by atoms with van der Waals surface area (Å²) in [5.41, 5.74) is 0.483. The molecule has 0 spiro atoms. The Morgan fingerprint density at radius 1 is 1.58 bits per heavy atom. The summed E-state index contributed by atoms with van der Waals surface area (Å²) in [4.78, 5) is 23.3. The smallest absolute Gasteiger partial charge is 0.326 e. The summed E-state index contributed by atoms with van der Waals surface area (Å²) in [6.45, 7) is 2.59. The first-order valence-electron chi connectivity index (χ1n) is 6.40. The van der Waals surface area contributed by atoms with Crippen molar-refractivity contribution in [3.8, 4) is 0 Å². The number of aryl methyl sites for hydroxylation is 1. The van der Waals surface area contributed by atoms with Gasteiger partial charge < -0.3 is 15.0 Å². The number of carboxylic acids is 1. The van der Waals surface area contributed by atoms with Crippen molar-refractivity contribution in [2.75, 3.05) is 0 Å². The molecule has 0 unspecified atom stereocenters. The average Bonchev–Trinajstić information content (AvgIpc) is 3.08. The molecule has 6 heteroatoms. The van der Waals surface area contributed by atoms with E-state index in [1.165, 1.54) is 0 Å². The molecule has 5 nitrogen and oxygen atoms in total. The van der Waals surface area contributed by atoms with E-state index in [2.05, 4.69) is 21.2 Å². The van der Waals surface area contributed by atoms with Crippen molar-refractivity contribution in [1.29, 1.82) is 0 Å². The standard InChI is InChI=1S/C13H17BrN2O3/c1-2-16-7-9(14)6-11(16)12(17)15-10(13(18)19)5-8-3-4-8/h6-8,10H,2-5H2,1H3,(H,15,17)(H,18,19)/t10-/m0/s1. The Labute approximate surface area is 120 Å². The molecule has 2 rings (SSSR count). The van der Waals surface area contributed by atoms with Gasteiger partial charge in [0.05, 0.1) is 0 Å². The molecule has 1 heterocycles. The predicted octanol–water partition coefficient (Wildman–Crippen LogP) is 2.25. The van der Waals surface area contributed by atoms with Crippen LogP contribution in [0.2, 0.25) is 0 Å². The van der Waals surface area contributed by atoms with Gasteiger partial charge in [-0.15, -0.1) is 0 Å². The van der Waals surface area contributed by atoms with Crippen molar-refractivity contribution in [3.63, 3.8) is 0 Å². The van der Waals surface area contributed by atoms with Crippen LogP contribution in [-0.2, 0) is 11.3 Å². The number of rotatable bonds is 6. The Bertz CT molecular complexity index is 494. The van der Waals surface area contributed by atoms with Crippen LogP contribution in [0.25, 0.3) is 0 Å². The van der Waals surface area contributed by atoms with Crippen LogP contribution in [0.3, 0.4) is 0 Å². The summed E-state index contributed by atoms with van der Waals surface area (Å²) in [5, 5.41) is 11.8. The third-order valence-corrected chi connectivity index (χ3v) is 3.74. The first-order chi connectivity index (χ1) is 9.01. The SMILES string of the molecule is CCn1cc(Br)cc1C(=O)N[C@@H](CC1CC1)C(=O)O. The number of halogens is 1. The zero-order chi connectivity index (χ0) is 14.0. The Balaban J connectivity index is 2.06. The molecule has 1 aromatic rings. The number of carbonyl (C=O) groups is 2. The minimum atomic E-state index is -0.964. The molecule has 1 atom stereocenters. The molecule has 19 heavy (non-hydrogen) atoms. The van der Waals surface area contributed by atoms with Gasteiger partial charge in [-0.3, -0.25) is 4.79 Å². The molecular formula is C13H17BrN2O3. The third kappa shape index (κ3) is 3.59. The van der Waals surface area contributed by atoms with E-state index < -0.39 is 12.0 Å². The maximum atomic E-state index is 12.1. The van der Waals surface area contributed by atoms with Crippen molar-refractivity contribution in [2.24, 2.45) is 5.92 Å². The van der Waals surface area contributed by atoms with Gasteiger partial charge in [-0.25, -0.2) is 4.79 Å². The van der Waals surface area contributed by atoms with Crippen LogP contribution < -0.4 is 5.32 Å². The summed E-state index contributed by atoms with van der Waals surface area (Å²) in [6.07, 6.45) is 4.47. The highest BCUT2D eigenvalue weighted by atomic mass is 79.9. The van der Waals surface area contributed by atoms with Gasteiger partial charge in [0.2, 0.25) is 0 Å². The van der Waals surface area contributed by atoms with E-state index >= 15 is 0 Å². The summed E-state index contributed by atoms with van der Waals surface area (Å²) in [7, 11) is 0. The second-order valence-electron chi connectivity index (χ2n) is 4.87. The van der Waals surface area contributed by atoms with Crippen molar-refractivity contribution in [2.45, 2.75) is 38.8 Å². The number of nitrogens with zero attached hydrogens (tertiary/aromatic N) is 1. The largest absolute Gasteiger partial charge is 0.480 e. The number of hydrogen-bond acceptors (Lipinski definition) is 2. The van der Waals surface area contributed by atoms with Gasteiger partial charge in [0.25, 0.3) is 5.91 Å². The topological polar surface area (TPSA) is 71.3 Å². The van der Waals surface area contributed by atoms with E-state index in [9.17, 15) is 9.59 Å². The number of aromatic nitrogens is 1. The van der Waals surface area contributed by atoms with E-state index in [1.54, 1.807) is 10.6 Å². The third-order valence-electron chi connectivity index (χ3n) is 3.31. The number of carbonyl (C=O) groups excluding carboxylic acids is 1. The molecular weight excluding hydrogens is 312 g/mol. The van der Waals surface area contributed by atoms with Crippen molar-refractivity contribution in [3.05, 3.63) is 22.4 Å². The van der Waals surface area contributed by atoms with Crippen LogP contribution >= 0.6 is 15.9 Å². The molecule has 2 N–H and O–H groups in total. The lowest BCUT2D eigenvalue weighted by Gasteiger charge is -2.14. The lowest BCUT2D eigenvalue weighted by Crippen LogP contribution is -2.41. The number of nitrogens with one attached hydrogen (secondary N) is 1. The predicted molar refractivity (Wildman–Crippen MR) is 74.0 cm³/mol. The molecule has 0 saturated heterocycles. The maximum absolute atomic E-state index is 12.1. The highest BCUT2D eigenvalue weighted by Gasteiger charge is 2.30. The highest BCUT2D eigenvalue weighted by molar-refractivity contribution is 9.10. The van der Waals surface area contributed by atoms with Crippen LogP contribution in [0.15, 0.2) is 16.7 Å². The maximum Gasteiger partial charge on any atom is 0.326 e. The van der Waals surface area contributed by atoms with Gasteiger partial charge in [-0.2, -0.15) is 0 Å². The minimum Gasteiger partial charge on any atom is -0.480 e. The lowest BCUT2D eigenvalue weighted by molar-refractivity contribution is -0.139. The number of aliphatic carboxylic acids is 1. The van der Waals surface area contributed by atoms with Crippen LogP contribution in [-0.4, -0.2) is 27.6 Å². The summed E-state index contributed by atoms with van der Waals surface area (Å²) < 4.78 is 2.60. The minimum absolute atomic E-state index is 0.333. The fourth-order valence-electron chi connectivity index (χ4n) is 2.07. The summed E-state index contributed by atoms with van der Waals surface area (Å²) in [5.74, 6) is -0.847. The number of hydrogen-bond donors (Lipinski definition) is 2. The number of amides is 1. The van der Waals surface area contributed by atoms with E-state index in [0.717, 1.165) is 17.3 Å². The van der Waals surface area contributed by atoms with Gasteiger partial charge in [0, 0.05) is 17.2 Å². The van der Waals surface area contributed by atoms with Gasteiger partial charge in [-0.1, -0.05) is 12.8 Å². The second kappa shape index (κ2) is 5.77. The normalized spacial score (nSPS) is 16.1. The van der Waals surface area contributed by atoms with Crippen LogP contribution in [0.5, 0.6) is 0 Å². The Morgan fingerprint density at radius 3 is 2.79 bits per heavy atom. The fraction of sp³-hybridized carbons (Fsp3) is 0.538. The summed E-state index contributed by atoms with van der Waals surface area (Å²) >= 11 is 3.32. The molecule has 1 saturated carbocycles. The average molecular weight is 329 g/mol. The Kier molecular flexibility index (Phi) is 4.29. The molecule has 0 aliphatic heterocycles. The van der Waals surface area contributed by atoms with Gasteiger partial charge in [-0.05, 0) is 41.3 Å². The molecule has 1 aliphatic rings. The zero-order valence-corrected chi connectivity index (χ0v) is 12.3. The number of carboxylic acid groups (broad SMARTS) is 1. The van der Waals surface area contributed by atoms with Crippen LogP contribution in [0, 0.1) is 5.92 Å². The molecule has 104 valence electrons. The van der Waals surface area contributed by atoms with Gasteiger partial charge >= 0.3 is 5.97 Å². The van der Waals surface area contributed by atoms with Crippen molar-refractivity contribution in [1.82, 2.24) is 9.88 Å². The van der Waals surface area contributed by atoms with Crippen molar-refractivity contribution < 1.29 is 14.7 Å². The van der Waals surface area contributed by atoms with Gasteiger partial charge in [0.15, 0.2) is 0 Å². The molecule has 1 aliphatic carbocycles. The fourth-order valence-corrected chi connectivity index (χ4v) is 2.53. The molecule has 0 aromatic carbocycles. The van der Waals surface area contributed by atoms with E-state index in [4.69, 9.17) is 5.11 Å². The first-order valence-corrected chi connectivity index (χ1v) is 7.20. The Morgan fingerprint density at radius 2 is 2.26 bits per heavy atom. The Hall–Kier alpha value is -1.30. The van der Waals surface area contributed by atoms with E-state index in [-0.39, 0.29) is 5.91 Å². The lowest BCUT2D eigenvalue weighted by atomic mass is 10.1. The van der Waals surface area contributed by atoms with Crippen LogP contribution in [0.1, 0.15) is 36.7 Å². The van der Waals surface area contributed by atoms with Gasteiger partial charge in [0.1, 0.15) is 11.7 Å². The first kappa shape index (κ1) is 14.1. The van der Waals surface area contributed by atoms with E-state index in [1.807, 2.05) is 13.1 Å². The zero-order valence-electron chi connectivity index (χ0n) is 10.7. The summed E-state index contributed by atoms with van der Waals surface area (Å²) in [6, 6.07) is 0.911.